The smallest absolute Gasteiger partial charge is 0.222 e. The van der Waals surface area contributed by atoms with Crippen molar-refractivity contribution in [2.75, 3.05) is 0 Å². The Bertz CT molecular complexity index is 547. The third-order valence-corrected chi connectivity index (χ3v) is 2.08. The fourth-order valence-corrected chi connectivity index (χ4v) is 1.32. The molecule has 0 amide bonds. The van der Waals surface area contributed by atoms with E-state index in [1.54, 1.807) is 0 Å². The summed E-state index contributed by atoms with van der Waals surface area (Å²) in [6, 6.07) is 2.52. The second-order valence-electron chi connectivity index (χ2n) is 2.60. The topological polar surface area (TPSA) is 30.1 Å². The molecule has 0 saturated heterocycles. The van der Waals surface area contributed by atoms with E-state index in [1.165, 1.54) is 18.5 Å². The molecule has 2 rings (SSSR count). The Kier molecular flexibility index (Phi) is 2.02. The highest BCUT2D eigenvalue weighted by Crippen LogP contribution is 2.27. The van der Waals surface area contributed by atoms with Gasteiger partial charge in [-0.15, -0.1) is 0 Å². The van der Waals surface area contributed by atoms with Gasteiger partial charge in [-0.25, -0.2) is 19.2 Å². The predicted octanol–water partition coefficient (Wildman–Crippen LogP) is 2.97. The molecule has 1 heterocycles. The van der Waals surface area contributed by atoms with Gasteiger partial charge in [-0.2, -0.15) is 0 Å². The highest BCUT2D eigenvalue weighted by Gasteiger charge is 2.07. The zero-order chi connectivity index (χ0) is 10.1. The van der Waals surface area contributed by atoms with Crippen molar-refractivity contribution in [1.82, 2.24) is 9.97 Å². The number of aromatic nitrogens is 2. The van der Waals surface area contributed by atoms with E-state index in [9.17, 15) is 4.39 Å². The van der Waals surface area contributed by atoms with Crippen molar-refractivity contribution < 1.29 is 4.39 Å². The Morgan fingerprint density at radius 2 is 2.14 bits per heavy atom. The maximum atomic E-state index is 13.1. The van der Waals surface area contributed by atoms with E-state index in [0.29, 0.717) is 10.9 Å². The maximum Gasteiger partial charge on any atom is 0.222 e. The summed E-state index contributed by atoms with van der Waals surface area (Å²) in [5.74, 6) is -0.595. The highest BCUT2D eigenvalue weighted by atomic mass is 35.5. The van der Waals surface area contributed by atoms with Crippen molar-refractivity contribution in [2.45, 2.75) is 0 Å². The van der Waals surface area contributed by atoms with Crippen molar-refractivity contribution in [1.29, 1.82) is 0 Å². The highest BCUT2D eigenvalue weighted by molar-refractivity contribution is 6.34. The Labute approximate surface area is 84.0 Å². The second-order valence-corrected chi connectivity index (χ2v) is 2.96. The first-order valence-corrected chi connectivity index (χ1v) is 4.07. The van der Waals surface area contributed by atoms with Gasteiger partial charge in [-0.1, -0.05) is 11.6 Å². The van der Waals surface area contributed by atoms with Gasteiger partial charge in [0.05, 0.1) is 12.1 Å². The van der Waals surface area contributed by atoms with Crippen LogP contribution in [0, 0.1) is 12.4 Å². The van der Waals surface area contributed by atoms with Crippen LogP contribution in [-0.2, 0) is 0 Å². The van der Waals surface area contributed by atoms with Gasteiger partial charge in [-0.05, 0) is 12.1 Å². The normalized spacial score (nSPS) is 10.1. The van der Waals surface area contributed by atoms with E-state index in [2.05, 4.69) is 14.8 Å². The van der Waals surface area contributed by atoms with Crippen molar-refractivity contribution in [3.63, 3.8) is 0 Å². The van der Waals surface area contributed by atoms with E-state index in [1.807, 2.05) is 0 Å². The van der Waals surface area contributed by atoms with E-state index in [0.717, 1.165) is 0 Å². The molecular weight excluding hydrogens is 205 g/mol. The lowest BCUT2D eigenvalue weighted by molar-refractivity contribution is 0.635. The van der Waals surface area contributed by atoms with E-state index in [-0.39, 0.29) is 10.8 Å². The summed E-state index contributed by atoms with van der Waals surface area (Å²) in [6.45, 7) is 6.73. The maximum absolute atomic E-state index is 13.1. The molecule has 68 valence electrons. The monoisotopic (exact) mass is 207 g/mol. The molecule has 0 aliphatic heterocycles. The first-order chi connectivity index (χ1) is 6.72. The molecule has 1 aromatic heterocycles. The van der Waals surface area contributed by atoms with Crippen molar-refractivity contribution in [3.8, 4) is 0 Å². The van der Waals surface area contributed by atoms with Crippen LogP contribution in [0.3, 0.4) is 0 Å². The van der Waals surface area contributed by atoms with Gasteiger partial charge in [0.25, 0.3) is 0 Å². The average Bonchev–Trinajstić information content (AvgIpc) is 2.17. The van der Waals surface area contributed by atoms with Crippen molar-refractivity contribution >= 4 is 28.2 Å². The minimum Gasteiger partial charge on any atom is -0.236 e. The summed E-state index contributed by atoms with van der Waals surface area (Å²) in [5.41, 5.74) is 0.323. The number of halogens is 2. The molecule has 0 bridgehead atoms. The van der Waals surface area contributed by atoms with Crippen LogP contribution in [0.5, 0.6) is 0 Å². The third kappa shape index (κ3) is 1.28. The van der Waals surface area contributed by atoms with Crippen LogP contribution in [-0.4, -0.2) is 9.97 Å². The lowest BCUT2D eigenvalue weighted by Crippen LogP contribution is -1.85. The summed E-state index contributed by atoms with van der Waals surface area (Å²) in [5, 5.41) is 0.710. The standard InChI is InChI=1S/C9H3ClFN3/c1-12-8-2-5-7(3-6(8)11)13-4-14-9(5)10/h2-4H. The fraction of sp³-hybridized carbons (Fsp3) is 0. The number of hydrogen-bond acceptors (Lipinski definition) is 2. The van der Waals surface area contributed by atoms with Crippen LogP contribution >= 0.6 is 11.6 Å². The molecule has 2 aromatic rings. The molecule has 3 nitrogen and oxygen atoms in total. The first-order valence-electron chi connectivity index (χ1n) is 3.69. The lowest BCUT2D eigenvalue weighted by Gasteiger charge is -1.99. The summed E-state index contributed by atoms with van der Waals surface area (Å²) >= 11 is 5.76. The fourth-order valence-electron chi connectivity index (χ4n) is 1.12. The SMILES string of the molecule is [C-]#[N+]c1cc2c(Cl)ncnc2cc1F. The molecule has 0 saturated carbocycles. The van der Waals surface area contributed by atoms with Gasteiger partial charge < -0.3 is 0 Å². The van der Waals surface area contributed by atoms with E-state index >= 15 is 0 Å². The molecule has 14 heavy (non-hydrogen) atoms. The Hall–Kier alpha value is -1.73. The minimum absolute atomic E-state index is 0.0748. The number of fused-ring (bicyclic) bond motifs is 1. The van der Waals surface area contributed by atoms with Crippen LogP contribution in [0.1, 0.15) is 0 Å². The van der Waals surface area contributed by atoms with Crippen LogP contribution in [0.25, 0.3) is 15.7 Å². The van der Waals surface area contributed by atoms with Crippen LogP contribution in [0.2, 0.25) is 5.15 Å². The van der Waals surface area contributed by atoms with Crippen LogP contribution in [0.15, 0.2) is 18.5 Å². The Morgan fingerprint density at radius 3 is 2.86 bits per heavy atom. The van der Waals surface area contributed by atoms with Gasteiger partial charge in [0.1, 0.15) is 17.3 Å². The number of benzene rings is 1. The van der Waals surface area contributed by atoms with Gasteiger partial charge in [0.15, 0.2) is 0 Å². The lowest BCUT2D eigenvalue weighted by atomic mass is 10.2. The average molecular weight is 208 g/mol. The minimum atomic E-state index is -0.595. The summed E-state index contributed by atoms with van der Waals surface area (Å²) in [6.07, 6.45) is 1.25. The molecule has 0 unspecified atom stereocenters. The molecule has 0 aliphatic carbocycles. The molecule has 0 aliphatic rings. The molecule has 0 spiro atoms. The van der Waals surface area contributed by atoms with Crippen LogP contribution in [0.4, 0.5) is 10.1 Å². The second kappa shape index (κ2) is 3.20. The van der Waals surface area contributed by atoms with Gasteiger partial charge in [-0.3, -0.25) is 0 Å². The van der Waals surface area contributed by atoms with Crippen LogP contribution < -0.4 is 0 Å². The number of nitrogens with zero attached hydrogens (tertiary/aromatic N) is 3. The van der Waals surface area contributed by atoms with E-state index in [4.69, 9.17) is 18.2 Å². The molecular formula is C9H3ClFN3. The van der Waals surface area contributed by atoms with Crippen molar-refractivity contribution in [2.24, 2.45) is 0 Å². The number of hydrogen-bond donors (Lipinski definition) is 0. The Balaban J connectivity index is 2.89. The predicted molar refractivity (Wildman–Crippen MR) is 50.8 cm³/mol. The summed E-state index contributed by atoms with van der Waals surface area (Å²) in [4.78, 5) is 10.6. The largest absolute Gasteiger partial charge is 0.236 e. The third-order valence-electron chi connectivity index (χ3n) is 1.78. The van der Waals surface area contributed by atoms with Gasteiger partial charge in [0, 0.05) is 5.39 Å². The van der Waals surface area contributed by atoms with Gasteiger partial charge in [0.2, 0.25) is 5.69 Å². The summed E-state index contributed by atoms with van der Waals surface area (Å²) in [7, 11) is 0. The first kappa shape index (κ1) is 8.85. The van der Waals surface area contributed by atoms with Gasteiger partial charge >= 0.3 is 0 Å². The summed E-state index contributed by atoms with van der Waals surface area (Å²) < 4.78 is 13.1. The van der Waals surface area contributed by atoms with E-state index < -0.39 is 5.82 Å². The molecule has 1 aromatic carbocycles. The zero-order valence-corrected chi connectivity index (χ0v) is 7.59. The quantitative estimate of drug-likeness (QED) is 0.491. The molecule has 0 radical (unpaired) electrons. The Morgan fingerprint density at radius 1 is 1.36 bits per heavy atom. The van der Waals surface area contributed by atoms with Crippen molar-refractivity contribution in [3.05, 3.63) is 40.8 Å². The molecule has 0 N–H and O–H groups in total. The molecule has 0 fully saturated rings. The molecule has 0 atom stereocenters. The number of rotatable bonds is 0. The molecule has 5 heteroatoms. The zero-order valence-electron chi connectivity index (χ0n) is 6.83.